The van der Waals surface area contributed by atoms with E-state index in [1.165, 1.54) is 0 Å². The molecular formula is C14H26O5. The van der Waals surface area contributed by atoms with Gasteiger partial charge in [0.2, 0.25) is 0 Å². The summed E-state index contributed by atoms with van der Waals surface area (Å²) in [5.74, 6) is -0.911. The van der Waals surface area contributed by atoms with Crippen LogP contribution in [0.4, 0.5) is 0 Å². The minimum Gasteiger partial charge on any atom is -0.478 e. The minimum atomic E-state index is -0.911. The fourth-order valence-electron chi connectivity index (χ4n) is 1.42. The molecule has 19 heavy (non-hydrogen) atoms. The maximum absolute atomic E-state index is 10.5. The van der Waals surface area contributed by atoms with E-state index in [0.717, 1.165) is 38.9 Å². The highest BCUT2D eigenvalue weighted by Gasteiger charge is 2.02. The predicted molar refractivity (Wildman–Crippen MR) is 73.4 cm³/mol. The summed E-state index contributed by atoms with van der Waals surface area (Å²) in [4.78, 5) is 10.5. The molecule has 0 atom stereocenters. The highest BCUT2D eigenvalue weighted by atomic mass is 16.5. The van der Waals surface area contributed by atoms with Gasteiger partial charge in [-0.3, -0.25) is 0 Å². The molecule has 0 rings (SSSR count). The number of aliphatic carboxylic acids is 1. The number of carboxylic acid groups (broad SMARTS) is 1. The largest absolute Gasteiger partial charge is 0.478 e. The molecule has 0 aromatic heterocycles. The van der Waals surface area contributed by atoms with Crippen molar-refractivity contribution >= 4 is 5.97 Å². The first-order valence-corrected chi connectivity index (χ1v) is 6.74. The second-order valence-electron chi connectivity index (χ2n) is 4.29. The van der Waals surface area contributed by atoms with Gasteiger partial charge in [-0.25, -0.2) is 4.79 Å². The summed E-state index contributed by atoms with van der Waals surface area (Å²) in [5, 5.41) is 8.61. The molecule has 0 unspecified atom stereocenters. The molecule has 0 heterocycles. The SMILES string of the molecule is C=C(CCCCOCCCOCCCOC)C(=O)O. The van der Waals surface area contributed by atoms with E-state index >= 15 is 0 Å². The van der Waals surface area contributed by atoms with Crippen LogP contribution in [-0.4, -0.2) is 51.2 Å². The van der Waals surface area contributed by atoms with Gasteiger partial charge >= 0.3 is 5.97 Å². The topological polar surface area (TPSA) is 65.0 Å². The van der Waals surface area contributed by atoms with Gasteiger partial charge in [0.1, 0.15) is 0 Å². The van der Waals surface area contributed by atoms with Crippen molar-refractivity contribution < 1.29 is 24.1 Å². The Bertz CT molecular complexity index is 240. The van der Waals surface area contributed by atoms with E-state index in [2.05, 4.69) is 6.58 Å². The molecule has 0 saturated heterocycles. The zero-order valence-corrected chi connectivity index (χ0v) is 11.9. The lowest BCUT2D eigenvalue weighted by molar-refractivity contribution is -0.132. The van der Waals surface area contributed by atoms with E-state index in [1.807, 2.05) is 0 Å². The third-order valence-corrected chi connectivity index (χ3v) is 2.53. The van der Waals surface area contributed by atoms with Crippen molar-refractivity contribution in [1.29, 1.82) is 0 Å². The van der Waals surface area contributed by atoms with Crippen molar-refractivity contribution in [2.45, 2.75) is 32.1 Å². The fraction of sp³-hybridized carbons (Fsp3) is 0.786. The zero-order chi connectivity index (χ0) is 14.3. The van der Waals surface area contributed by atoms with E-state index in [0.29, 0.717) is 26.2 Å². The summed E-state index contributed by atoms with van der Waals surface area (Å²) in [6, 6.07) is 0. The van der Waals surface area contributed by atoms with Gasteiger partial charge in [-0.2, -0.15) is 0 Å². The maximum Gasteiger partial charge on any atom is 0.330 e. The second kappa shape index (κ2) is 13.5. The molecule has 0 aliphatic heterocycles. The molecule has 5 heteroatoms. The average molecular weight is 274 g/mol. The third kappa shape index (κ3) is 13.3. The molecule has 0 saturated carbocycles. The zero-order valence-electron chi connectivity index (χ0n) is 11.9. The lowest BCUT2D eigenvalue weighted by atomic mass is 10.1. The van der Waals surface area contributed by atoms with E-state index < -0.39 is 5.97 Å². The van der Waals surface area contributed by atoms with Crippen molar-refractivity contribution in [3.8, 4) is 0 Å². The van der Waals surface area contributed by atoms with E-state index in [9.17, 15) is 4.79 Å². The molecule has 0 aromatic carbocycles. The van der Waals surface area contributed by atoms with Gasteiger partial charge in [-0.15, -0.1) is 0 Å². The smallest absolute Gasteiger partial charge is 0.330 e. The first kappa shape index (κ1) is 18.1. The van der Waals surface area contributed by atoms with Crippen LogP contribution in [0.15, 0.2) is 12.2 Å². The Morgan fingerprint density at radius 2 is 1.47 bits per heavy atom. The molecule has 0 fully saturated rings. The van der Waals surface area contributed by atoms with Crippen molar-refractivity contribution in [3.63, 3.8) is 0 Å². The maximum atomic E-state index is 10.5. The van der Waals surface area contributed by atoms with E-state index in [4.69, 9.17) is 19.3 Å². The molecule has 0 radical (unpaired) electrons. The molecule has 5 nitrogen and oxygen atoms in total. The van der Waals surface area contributed by atoms with Crippen LogP contribution in [0.25, 0.3) is 0 Å². The second-order valence-corrected chi connectivity index (χ2v) is 4.29. The Morgan fingerprint density at radius 1 is 0.947 bits per heavy atom. The summed E-state index contributed by atoms with van der Waals surface area (Å²) in [7, 11) is 1.68. The van der Waals surface area contributed by atoms with Crippen LogP contribution in [-0.2, 0) is 19.0 Å². The van der Waals surface area contributed by atoms with E-state index in [-0.39, 0.29) is 5.57 Å². The molecule has 0 aromatic rings. The van der Waals surface area contributed by atoms with Gasteiger partial charge in [0.15, 0.2) is 0 Å². The summed E-state index contributed by atoms with van der Waals surface area (Å²) in [5.41, 5.74) is 0.268. The highest BCUT2D eigenvalue weighted by molar-refractivity contribution is 5.85. The fourth-order valence-corrected chi connectivity index (χ4v) is 1.42. The summed E-state index contributed by atoms with van der Waals surface area (Å²) in [6.07, 6.45) is 4.00. The number of hydrogen-bond donors (Lipinski definition) is 1. The Labute approximate surface area is 115 Å². The van der Waals surface area contributed by atoms with Crippen LogP contribution >= 0.6 is 0 Å². The number of ether oxygens (including phenoxy) is 3. The molecule has 0 amide bonds. The van der Waals surface area contributed by atoms with Gasteiger partial charge in [0, 0.05) is 45.7 Å². The molecule has 0 bridgehead atoms. The van der Waals surface area contributed by atoms with Crippen LogP contribution in [0.1, 0.15) is 32.1 Å². The summed E-state index contributed by atoms with van der Waals surface area (Å²) in [6.45, 7) is 6.99. The van der Waals surface area contributed by atoms with Gasteiger partial charge in [-0.1, -0.05) is 6.58 Å². The summed E-state index contributed by atoms with van der Waals surface area (Å²) < 4.78 is 15.7. The van der Waals surface area contributed by atoms with Crippen LogP contribution < -0.4 is 0 Å². The summed E-state index contributed by atoms with van der Waals surface area (Å²) >= 11 is 0. The average Bonchev–Trinajstić information content (AvgIpc) is 2.39. The number of methoxy groups -OCH3 is 1. The Kier molecular flexibility index (Phi) is 12.9. The van der Waals surface area contributed by atoms with Crippen molar-refractivity contribution in [1.82, 2.24) is 0 Å². The van der Waals surface area contributed by atoms with Crippen LogP contribution in [0, 0.1) is 0 Å². The molecule has 1 N–H and O–H groups in total. The van der Waals surface area contributed by atoms with Gasteiger partial charge in [0.05, 0.1) is 0 Å². The minimum absolute atomic E-state index is 0.268. The lowest BCUT2D eigenvalue weighted by Crippen LogP contribution is -2.05. The number of carboxylic acids is 1. The van der Waals surface area contributed by atoms with Gasteiger partial charge in [-0.05, 0) is 32.1 Å². The monoisotopic (exact) mass is 274 g/mol. The normalized spacial score (nSPS) is 10.6. The first-order chi connectivity index (χ1) is 9.18. The first-order valence-electron chi connectivity index (χ1n) is 6.74. The van der Waals surface area contributed by atoms with Gasteiger partial charge < -0.3 is 19.3 Å². The van der Waals surface area contributed by atoms with Crippen LogP contribution in [0.3, 0.4) is 0 Å². The van der Waals surface area contributed by atoms with Crippen LogP contribution in [0.5, 0.6) is 0 Å². The number of carbonyl (C=O) groups is 1. The third-order valence-electron chi connectivity index (χ3n) is 2.53. The number of hydrogen-bond acceptors (Lipinski definition) is 4. The van der Waals surface area contributed by atoms with E-state index in [1.54, 1.807) is 7.11 Å². The van der Waals surface area contributed by atoms with Crippen LogP contribution in [0.2, 0.25) is 0 Å². The molecule has 0 aliphatic carbocycles. The standard InChI is InChI=1S/C14H26O5/c1-13(14(15)16)7-3-4-9-18-11-6-12-19-10-5-8-17-2/h1,3-12H2,2H3,(H,15,16). The molecular weight excluding hydrogens is 248 g/mol. The Hall–Kier alpha value is -0.910. The van der Waals surface area contributed by atoms with Gasteiger partial charge in [0.25, 0.3) is 0 Å². The Morgan fingerprint density at radius 3 is 2.00 bits per heavy atom. The van der Waals surface area contributed by atoms with Crippen molar-refractivity contribution in [2.24, 2.45) is 0 Å². The molecule has 0 aliphatic rings. The number of rotatable bonds is 14. The number of unbranched alkanes of at least 4 members (excludes halogenated alkanes) is 1. The van der Waals surface area contributed by atoms with Crippen molar-refractivity contribution in [2.75, 3.05) is 40.1 Å². The highest BCUT2D eigenvalue weighted by Crippen LogP contribution is 2.05. The predicted octanol–water partition coefficient (Wildman–Crippen LogP) is 2.26. The Balaban J connectivity index is 3.07. The van der Waals surface area contributed by atoms with Crippen molar-refractivity contribution in [3.05, 3.63) is 12.2 Å². The lowest BCUT2D eigenvalue weighted by Gasteiger charge is -2.05. The molecule has 0 spiro atoms. The quantitative estimate of drug-likeness (QED) is 0.389. The molecule has 112 valence electrons.